The maximum Gasteiger partial charge on any atom is 0.262 e. The topological polar surface area (TPSA) is 69.3 Å². The average molecular weight is 323 g/mol. The van der Waals surface area contributed by atoms with Crippen molar-refractivity contribution in [3.05, 3.63) is 65.1 Å². The van der Waals surface area contributed by atoms with Gasteiger partial charge in [-0.25, -0.2) is 0 Å². The number of amides is 1. The highest BCUT2D eigenvalue weighted by Gasteiger charge is 2.09. The van der Waals surface area contributed by atoms with E-state index < -0.39 is 5.91 Å². The normalized spacial score (nSPS) is 11.3. The number of benzene rings is 1. The third kappa shape index (κ3) is 5.41. The van der Waals surface area contributed by atoms with E-state index in [1.807, 2.05) is 32.3 Å². The highest BCUT2D eigenvalue weighted by atomic mass is 16.3. The first-order valence-electron chi connectivity index (χ1n) is 7.74. The molecule has 1 N–H and O–H groups in total. The largest absolute Gasteiger partial charge is 0.465 e. The molecular weight excluding hydrogens is 302 g/mol. The molecule has 0 aliphatic heterocycles. The van der Waals surface area contributed by atoms with Gasteiger partial charge in [0.1, 0.15) is 17.4 Å². The molecule has 1 heterocycles. The number of nitrogens with zero attached hydrogens (tertiary/aromatic N) is 2. The predicted molar refractivity (Wildman–Crippen MR) is 92.8 cm³/mol. The highest BCUT2D eigenvalue weighted by Crippen LogP contribution is 2.09. The van der Waals surface area contributed by atoms with E-state index in [2.05, 4.69) is 22.3 Å². The Labute approximate surface area is 142 Å². The molecule has 0 aliphatic carbocycles. The molecule has 0 radical (unpaired) electrons. The van der Waals surface area contributed by atoms with Crippen LogP contribution in [0.25, 0.3) is 6.08 Å². The lowest BCUT2D eigenvalue weighted by Gasteiger charge is -2.11. The fourth-order valence-electron chi connectivity index (χ4n) is 2.33. The lowest BCUT2D eigenvalue weighted by molar-refractivity contribution is -0.117. The number of furan rings is 1. The monoisotopic (exact) mass is 323 g/mol. The van der Waals surface area contributed by atoms with E-state index in [9.17, 15) is 4.79 Å². The van der Waals surface area contributed by atoms with Crippen LogP contribution >= 0.6 is 0 Å². The van der Waals surface area contributed by atoms with Crippen molar-refractivity contribution < 1.29 is 9.21 Å². The first-order valence-corrected chi connectivity index (χ1v) is 7.74. The van der Waals surface area contributed by atoms with Crippen LogP contribution in [0.5, 0.6) is 0 Å². The van der Waals surface area contributed by atoms with Crippen LogP contribution < -0.4 is 5.32 Å². The van der Waals surface area contributed by atoms with Crippen molar-refractivity contribution >= 4 is 12.0 Å². The summed E-state index contributed by atoms with van der Waals surface area (Å²) in [5.74, 6) is 0.0939. The van der Waals surface area contributed by atoms with Crippen LogP contribution in [0, 0.1) is 11.3 Å². The van der Waals surface area contributed by atoms with Crippen molar-refractivity contribution in [1.29, 1.82) is 5.26 Å². The molecule has 0 atom stereocenters. The van der Waals surface area contributed by atoms with Gasteiger partial charge < -0.3 is 14.6 Å². The lowest BCUT2D eigenvalue weighted by Crippen LogP contribution is -2.26. The molecule has 5 nitrogen and oxygen atoms in total. The van der Waals surface area contributed by atoms with Gasteiger partial charge in [0, 0.05) is 19.2 Å². The number of hydrogen-bond donors (Lipinski definition) is 1. The second kappa shape index (κ2) is 8.70. The van der Waals surface area contributed by atoms with Gasteiger partial charge in [-0.15, -0.1) is 0 Å². The van der Waals surface area contributed by atoms with Crippen molar-refractivity contribution in [2.24, 2.45) is 0 Å². The number of rotatable bonds is 7. The molecule has 1 aromatic heterocycles. The van der Waals surface area contributed by atoms with Gasteiger partial charge in [0.25, 0.3) is 5.91 Å². The fourth-order valence-corrected chi connectivity index (χ4v) is 2.33. The molecule has 0 bridgehead atoms. The molecule has 2 rings (SSSR count). The Hall–Kier alpha value is -2.84. The summed E-state index contributed by atoms with van der Waals surface area (Å²) in [6.45, 7) is 1.35. The summed E-state index contributed by atoms with van der Waals surface area (Å²) in [5.41, 5.74) is 2.42. The minimum Gasteiger partial charge on any atom is -0.465 e. The lowest BCUT2D eigenvalue weighted by atomic mass is 10.1. The number of carbonyl (C=O) groups is 1. The highest BCUT2D eigenvalue weighted by molar-refractivity contribution is 6.01. The van der Waals surface area contributed by atoms with E-state index in [0.717, 1.165) is 12.1 Å². The van der Waals surface area contributed by atoms with Crippen molar-refractivity contribution in [2.45, 2.75) is 13.0 Å². The number of hydrogen-bond acceptors (Lipinski definition) is 4. The van der Waals surface area contributed by atoms with Gasteiger partial charge in [-0.2, -0.15) is 5.26 Å². The summed E-state index contributed by atoms with van der Waals surface area (Å²) in [7, 11) is 4.06. The average Bonchev–Trinajstić information content (AvgIpc) is 3.05. The summed E-state index contributed by atoms with van der Waals surface area (Å²) < 4.78 is 5.12. The molecule has 0 aliphatic rings. The molecular formula is C19H21N3O2. The van der Waals surface area contributed by atoms with Gasteiger partial charge >= 0.3 is 0 Å². The summed E-state index contributed by atoms with van der Waals surface area (Å²) in [4.78, 5) is 14.2. The zero-order valence-electron chi connectivity index (χ0n) is 14.0. The molecule has 5 heteroatoms. The van der Waals surface area contributed by atoms with Crippen LogP contribution in [-0.2, 0) is 17.8 Å². The molecule has 1 amide bonds. The quantitative estimate of drug-likeness (QED) is 0.628. The smallest absolute Gasteiger partial charge is 0.262 e. The second-order valence-electron chi connectivity index (χ2n) is 5.75. The minimum atomic E-state index is -0.390. The SMILES string of the molecule is CN(C)Cc1cccc(CCNC(=O)C(C#N)=Cc2ccco2)c1. The third-order valence-electron chi connectivity index (χ3n) is 3.38. The van der Waals surface area contributed by atoms with E-state index >= 15 is 0 Å². The summed E-state index contributed by atoms with van der Waals surface area (Å²) >= 11 is 0. The maximum atomic E-state index is 12.1. The Balaban J connectivity index is 1.89. The van der Waals surface area contributed by atoms with E-state index in [1.165, 1.54) is 17.9 Å². The van der Waals surface area contributed by atoms with E-state index in [4.69, 9.17) is 9.68 Å². The maximum absolute atomic E-state index is 12.1. The van der Waals surface area contributed by atoms with Gasteiger partial charge in [0.15, 0.2) is 0 Å². The first kappa shape index (κ1) is 17.5. The Morgan fingerprint density at radius 2 is 2.08 bits per heavy atom. The summed E-state index contributed by atoms with van der Waals surface area (Å²) in [5, 5.41) is 11.9. The van der Waals surface area contributed by atoms with Crippen molar-refractivity contribution in [1.82, 2.24) is 10.2 Å². The second-order valence-corrected chi connectivity index (χ2v) is 5.75. The Kier molecular flexibility index (Phi) is 6.35. The van der Waals surface area contributed by atoms with Gasteiger partial charge in [0.05, 0.1) is 6.26 Å². The molecule has 2 aromatic rings. The zero-order valence-corrected chi connectivity index (χ0v) is 14.0. The molecule has 0 unspecified atom stereocenters. The fraction of sp³-hybridized carbons (Fsp3) is 0.263. The van der Waals surface area contributed by atoms with Gasteiger partial charge in [-0.1, -0.05) is 24.3 Å². The van der Waals surface area contributed by atoms with Crippen molar-refractivity contribution in [2.75, 3.05) is 20.6 Å². The van der Waals surface area contributed by atoms with Crippen molar-refractivity contribution in [3.63, 3.8) is 0 Å². The van der Waals surface area contributed by atoms with Crippen LogP contribution in [0.1, 0.15) is 16.9 Å². The first-order chi connectivity index (χ1) is 11.6. The van der Waals surface area contributed by atoms with Gasteiger partial charge in [-0.3, -0.25) is 4.79 Å². The zero-order chi connectivity index (χ0) is 17.4. The van der Waals surface area contributed by atoms with E-state index in [-0.39, 0.29) is 5.57 Å². The summed E-state index contributed by atoms with van der Waals surface area (Å²) in [6, 6.07) is 13.6. The molecule has 0 fully saturated rings. The van der Waals surface area contributed by atoms with Crippen LogP contribution in [-0.4, -0.2) is 31.4 Å². The molecule has 24 heavy (non-hydrogen) atoms. The minimum absolute atomic E-state index is 0.0336. The summed E-state index contributed by atoms with van der Waals surface area (Å²) in [6.07, 6.45) is 3.65. The number of nitrogens with one attached hydrogen (secondary N) is 1. The molecule has 0 saturated heterocycles. The number of carbonyl (C=O) groups excluding carboxylic acids is 1. The van der Waals surface area contributed by atoms with E-state index in [1.54, 1.807) is 12.1 Å². The standard InChI is InChI=1S/C19H21N3O2/c1-22(2)14-16-6-3-5-15(11-16)8-9-21-19(23)17(13-20)12-18-7-4-10-24-18/h3-7,10-12H,8-9,14H2,1-2H3,(H,21,23). The van der Waals surface area contributed by atoms with Gasteiger partial charge in [0.2, 0.25) is 0 Å². The van der Waals surface area contributed by atoms with E-state index in [0.29, 0.717) is 18.7 Å². The predicted octanol–water partition coefficient (Wildman–Crippen LogP) is 2.61. The van der Waals surface area contributed by atoms with Gasteiger partial charge in [-0.05, 0) is 43.8 Å². The third-order valence-corrected chi connectivity index (χ3v) is 3.38. The molecule has 1 aromatic carbocycles. The van der Waals surface area contributed by atoms with Crippen molar-refractivity contribution in [3.8, 4) is 6.07 Å². The van der Waals surface area contributed by atoms with Crippen LogP contribution in [0.4, 0.5) is 0 Å². The van der Waals surface area contributed by atoms with Crippen LogP contribution in [0.3, 0.4) is 0 Å². The Morgan fingerprint density at radius 1 is 1.29 bits per heavy atom. The number of nitriles is 1. The molecule has 124 valence electrons. The molecule has 0 saturated carbocycles. The van der Waals surface area contributed by atoms with Crippen LogP contribution in [0.2, 0.25) is 0 Å². The Morgan fingerprint density at radius 3 is 2.75 bits per heavy atom. The van der Waals surface area contributed by atoms with Crippen LogP contribution in [0.15, 0.2) is 52.7 Å². The Bertz CT molecular complexity index is 740. The molecule has 0 spiro atoms.